The summed E-state index contributed by atoms with van der Waals surface area (Å²) in [6.45, 7) is 11.7. The predicted octanol–water partition coefficient (Wildman–Crippen LogP) is 3.71. The lowest BCUT2D eigenvalue weighted by Gasteiger charge is -2.24. The maximum atomic E-state index is 13.1. The smallest absolute Gasteiger partial charge is 0.233 e. The fraction of sp³-hybridized carbons (Fsp3) is 0.750. The van der Waals surface area contributed by atoms with E-state index < -0.39 is 6.04 Å². The van der Waals surface area contributed by atoms with Gasteiger partial charge in [-0.2, -0.15) is 0 Å². The van der Waals surface area contributed by atoms with E-state index in [-0.39, 0.29) is 77.6 Å². The average molecular weight is 487 g/mol. The molecule has 2 fully saturated rings. The SMILES string of the molecule is CC(=O)[C@H](C)CC(=O)[C@@H](NC(=O)CCCCCN1C(=O)C2C3C=C(C(C)C)C(C3)C2C1=O)C(C)C. The molecule has 0 aromatic heterocycles. The van der Waals surface area contributed by atoms with Gasteiger partial charge < -0.3 is 5.32 Å². The maximum absolute atomic E-state index is 13.1. The van der Waals surface area contributed by atoms with Gasteiger partial charge in [-0.15, -0.1) is 0 Å². The van der Waals surface area contributed by atoms with Crippen LogP contribution in [0, 0.1) is 41.4 Å². The fourth-order valence-corrected chi connectivity index (χ4v) is 6.13. The number of unbranched alkanes of at least 4 members (excludes halogenated alkanes) is 2. The van der Waals surface area contributed by atoms with Crippen LogP contribution in [0.2, 0.25) is 0 Å². The van der Waals surface area contributed by atoms with Crippen LogP contribution in [-0.2, 0) is 24.0 Å². The summed E-state index contributed by atoms with van der Waals surface area (Å²) in [5.74, 6) is -0.237. The average Bonchev–Trinajstić information content (AvgIpc) is 3.44. The number of hydrogen-bond donors (Lipinski definition) is 1. The predicted molar refractivity (Wildman–Crippen MR) is 133 cm³/mol. The molecule has 0 spiro atoms. The van der Waals surface area contributed by atoms with Gasteiger partial charge in [-0.05, 0) is 49.9 Å². The quantitative estimate of drug-likeness (QED) is 0.243. The van der Waals surface area contributed by atoms with Crippen LogP contribution in [0.3, 0.4) is 0 Å². The molecule has 3 rings (SSSR count). The third kappa shape index (κ3) is 5.75. The molecule has 1 heterocycles. The van der Waals surface area contributed by atoms with Crippen molar-refractivity contribution in [1.29, 1.82) is 0 Å². The van der Waals surface area contributed by atoms with Crippen LogP contribution in [0.1, 0.15) is 80.1 Å². The molecule has 6 atom stereocenters. The van der Waals surface area contributed by atoms with Crippen LogP contribution in [0.4, 0.5) is 0 Å². The number of Topliss-reactive ketones (excluding diaryl/α,β-unsaturated/α-hetero) is 2. The Kier molecular flexibility index (Phi) is 8.71. The summed E-state index contributed by atoms with van der Waals surface area (Å²) >= 11 is 0. The molecule has 4 unspecified atom stereocenters. The van der Waals surface area contributed by atoms with Crippen LogP contribution in [0.5, 0.6) is 0 Å². The highest BCUT2D eigenvalue weighted by atomic mass is 16.2. The van der Waals surface area contributed by atoms with E-state index in [1.54, 1.807) is 6.92 Å². The topological polar surface area (TPSA) is 101 Å². The Hall–Kier alpha value is -2.31. The van der Waals surface area contributed by atoms with E-state index >= 15 is 0 Å². The Morgan fingerprint density at radius 2 is 1.66 bits per heavy atom. The summed E-state index contributed by atoms with van der Waals surface area (Å²) in [6, 6.07) is -0.594. The van der Waals surface area contributed by atoms with Gasteiger partial charge in [0.1, 0.15) is 5.78 Å². The minimum absolute atomic E-state index is 0.00503. The van der Waals surface area contributed by atoms with Crippen molar-refractivity contribution in [2.45, 2.75) is 86.1 Å². The standard InChI is InChI=1S/C28H42N2O5/c1-15(2)20-13-19-14-21(20)25-24(19)27(34)30(28(25)35)11-9-7-8-10-23(33)29-26(16(3)4)22(32)12-17(5)18(6)31/h13,15-17,19,21,24-26H,7-12,14H2,1-6H3,(H,29,33)/t17-,19?,21?,24?,25?,26+/m1/s1. The molecule has 0 aromatic carbocycles. The Morgan fingerprint density at radius 1 is 1.00 bits per heavy atom. The molecule has 3 amide bonds. The van der Waals surface area contributed by atoms with Gasteiger partial charge in [0.2, 0.25) is 17.7 Å². The van der Waals surface area contributed by atoms with Crippen molar-refractivity contribution >= 4 is 29.3 Å². The van der Waals surface area contributed by atoms with E-state index in [0.29, 0.717) is 25.3 Å². The number of amides is 3. The number of carbonyl (C=O) groups excluding carboxylic acids is 5. The van der Waals surface area contributed by atoms with Crippen LogP contribution in [0.25, 0.3) is 0 Å². The number of fused-ring (bicyclic) bond motifs is 5. The van der Waals surface area contributed by atoms with E-state index in [9.17, 15) is 24.0 Å². The molecule has 7 nitrogen and oxygen atoms in total. The van der Waals surface area contributed by atoms with Gasteiger partial charge in [0.05, 0.1) is 17.9 Å². The lowest BCUT2D eigenvalue weighted by molar-refractivity contribution is -0.141. The Balaban J connectivity index is 1.41. The molecule has 2 aliphatic carbocycles. The number of hydrogen-bond acceptors (Lipinski definition) is 5. The van der Waals surface area contributed by atoms with Gasteiger partial charge in [0, 0.05) is 25.3 Å². The zero-order valence-electron chi connectivity index (χ0n) is 22.1. The molecule has 3 aliphatic rings. The molecular weight excluding hydrogens is 444 g/mol. The van der Waals surface area contributed by atoms with E-state index in [2.05, 4.69) is 25.2 Å². The number of rotatable bonds is 13. The van der Waals surface area contributed by atoms with Gasteiger partial charge in [-0.1, -0.05) is 52.7 Å². The number of likely N-dealkylation sites (tertiary alicyclic amines) is 1. The maximum Gasteiger partial charge on any atom is 0.233 e. The first-order valence-corrected chi connectivity index (χ1v) is 13.3. The Bertz CT molecular complexity index is 905. The molecule has 0 aromatic rings. The molecule has 2 bridgehead atoms. The van der Waals surface area contributed by atoms with Crippen molar-refractivity contribution in [3.63, 3.8) is 0 Å². The lowest BCUT2D eigenvalue weighted by atomic mass is 9.78. The van der Waals surface area contributed by atoms with Crippen LogP contribution >= 0.6 is 0 Å². The number of allylic oxidation sites excluding steroid dienone is 2. The summed E-state index contributed by atoms with van der Waals surface area (Å²) < 4.78 is 0. The van der Waals surface area contributed by atoms with Crippen molar-refractivity contribution in [3.8, 4) is 0 Å². The summed E-state index contributed by atoms with van der Waals surface area (Å²) in [5, 5.41) is 2.84. The van der Waals surface area contributed by atoms with Crippen molar-refractivity contribution in [1.82, 2.24) is 10.2 Å². The minimum Gasteiger partial charge on any atom is -0.346 e. The minimum atomic E-state index is -0.594. The summed E-state index contributed by atoms with van der Waals surface area (Å²) in [5.41, 5.74) is 1.35. The summed E-state index contributed by atoms with van der Waals surface area (Å²) in [4.78, 5) is 64.0. The normalized spacial score (nSPS) is 26.9. The zero-order valence-corrected chi connectivity index (χ0v) is 22.1. The third-order valence-corrected chi connectivity index (χ3v) is 8.23. The summed E-state index contributed by atoms with van der Waals surface area (Å²) in [6.07, 6.45) is 5.64. The van der Waals surface area contributed by atoms with Crippen molar-refractivity contribution in [2.75, 3.05) is 6.54 Å². The first-order valence-electron chi connectivity index (χ1n) is 13.3. The summed E-state index contributed by atoms with van der Waals surface area (Å²) in [7, 11) is 0. The third-order valence-electron chi connectivity index (χ3n) is 8.23. The van der Waals surface area contributed by atoms with Crippen molar-refractivity contribution in [3.05, 3.63) is 11.6 Å². The lowest BCUT2D eigenvalue weighted by Crippen LogP contribution is -2.45. The highest BCUT2D eigenvalue weighted by molar-refractivity contribution is 6.06. The Labute approximate surface area is 209 Å². The number of nitrogens with one attached hydrogen (secondary N) is 1. The van der Waals surface area contributed by atoms with Gasteiger partial charge >= 0.3 is 0 Å². The fourth-order valence-electron chi connectivity index (χ4n) is 6.13. The van der Waals surface area contributed by atoms with Crippen LogP contribution in [0.15, 0.2) is 11.6 Å². The van der Waals surface area contributed by atoms with Gasteiger partial charge in [-0.3, -0.25) is 28.9 Å². The van der Waals surface area contributed by atoms with Gasteiger partial charge in [-0.25, -0.2) is 0 Å². The highest BCUT2D eigenvalue weighted by Crippen LogP contribution is 2.56. The molecule has 194 valence electrons. The number of carbonyl (C=O) groups is 5. The van der Waals surface area contributed by atoms with E-state index in [4.69, 9.17) is 0 Å². The Morgan fingerprint density at radius 3 is 2.26 bits per heavy atom. The number of ketones is 2. The van der Waals surface area contributed by atoms with Gasteiger partial charge in [0.25, 0.3) is 0 Å². The second-order valence-electron chi connectivity index (χ2n) is 11.5. The first kappa shape index (κ1) is 27.3. The molecule has 1 saturated carbocycles. The van der Waals surface area contributed by atoms with Crippen LogP contribution in [-0.4, -0.2) is 46.8 Å². The molecular formula is C28H42N2O5. The van der Waals surface area contributed by atoms with Crippen molar-refractivity contribution < 1.29 is 24.0 Å². The van der Waals surface area contributed by atoms with Crippen molar-refractivity contribution in [2.24, 2.45) is 41.4 Å². The molecule has 7 heteroatoms. The largest absolute Gasteiger partial charge is 0.346 e. The molecule has 1 saturated heterocycles. The monoisotopic (exact) mass is 486 g/mol. The van der Waals surface area contributed by atoms with Gasteiger partial charge in [0.15, 0.2) is 5.78 Å². The number of nitrogens with zero attached hydrogens (tertiary/aromatic N) is 1. The van der Waals surface area contributed by atoms with E-state index in [0.717, 1.165) is 12.8 Å². The van der Waals surface area contributed by atoms with E-state index in [1.165, 1.54) is 17.4 Å². The molecule has 0 radical (unpaired) electrons. The molecule has 35 heavy (non-hydrogen) atoms. The number of imide groups is 1. The molecule has 1 aliphatic heterocycles. The highest BCUT2D eigenvalue weighted by Gasteiger charge is 2.61. The van der Waals surface area contributed by atoms with E-state index in [1.807, 2.05) is 13.8 Å². The van der Waals surface area contributed by atoms with Crippen LogP contribution < -0.4 is 5.32 Å². The second kappa shape index (κ2) is 11.2. The molecule has 1 N–H and O–H groups in total. The first-order chi connectivity index (χ1) is 16.4. The second-order valence-corrected chi connectivity index (χ2v) is 11.5. The zero-order chi connectivity index (χ0) is 26.0.